The maximum atomic E-state index is 13.8. The number of nitrogens with one attached hydrogen (secondary N) is 1. The highest BCUT2D eigenvalue weighted by molar-refractivity contribution is 7.90. The van der Waals surface area contributed by atoms with Gasteiger partial charge in [0.2, 0.25) is 0 Å². The number of benzene rings is 2. The zero-order chi connectivity index (χ0) is 22.8. The van der Waals surface area contributed by atoms with Crippen molar-refractivity contribution in [3.63, 3.8) is 0 Å². The van der Waals surface area contributed by atoms with Crippen LogP contribution in [0.15, 0.2) is 53.8 Å². The van der Waals surface area contributed by atoms with Gasteiger partial charge in [-0.15, -0.1) is 0 Å². The van der Waals surface area contributed by atoms with Crippen molar-refractivity contribution < 1.29 is 23.2 Å². The van der Waals surface area contributed by atoms with Gasteiger partial charge < -0.3 is 14.0 Å². The van der Waals surface area contributed by atoms with E-state index in [-0.39, 0.29) is 22.2 Å². The fourth-order valence-electron chi connectivity index (χ4n) is 3.33. The number of aryl methyl sites for hydroxylation is 1. The lowest BCUT2D eigenvalue weighted by atomic mass is 10.1. The van der Waals surface area contributed by atoms with Gasteiger partial charge in [-0.1, -0.05) is 12.1 Å². The van der Waals surface area contributed by atoms with E-state index in [9.17, 15) is 13.7 Å². The molecule has 0 aliphatic heterocycles. The quantitative estimate of drug-likeness (QED) is 0.266. The van der Waals surface area contributed by atoms with Crippen molar-refractivity contribution >= 4 is 28.2 Å². The Kier molecular flexibility index (Phi) is 6.11. The lowest BCUT2D eigenvalue weighted by Gasteiger charge is -2.13. The highest BCUT2D eigenvalue weighted by Crippen LogP contribution is 2.27. The summed E-state index contributed by atoms with van der Waals surface area (Å²) in [5, 5.41) is 0.276. The van der Waals surface area contributed by atoms with Crippen molar-refractivity contribution in [1.82, 2.24) is 15.0 Å². The third kappa shape index (κ3) is 4.30. The Balaban J connectivity index is 1.54. The Hall–Kier alpha value is -3.43. The number of hydrogen-bond donors (Lipinski definition) is 1. The van der Waals surface area contributed by atoms with Crippen LogP contribution < -0.4 is 9.47 Å². The first kappa shape index (κ1) is 21.8. The summed E-state index contributed by atoms with van der Waals surface area (Å²) < 4.78 is 37.4. The number of imidazole rings is 1. The number of esters is 1. The molecule has 0 fully saturated rings. The van der Waals surface area contributed by atoms with Gasteiger partial charge >= 0.3 is 11.1 Å². The molecular weight excluding hydrogens is 433 g/mol. The lowest BCUT2D eigenvalue weighted by molar-refractivity contribution is 0.0730. The van der Waals surface area contributed by atoms with Gasteiger partial charge in [0, 0.05) is 34.6 Å². The third-order valence-corrected chi connectivity index (χ3v) is 6.13. The van der Waals surface area contributed by atoms with Crippen LogP contribution in [0, 0.1) is 19.7 Å². The number of H-pyrrole nitrogens is 1. The monoisotopic (exact) mass is 453 g/mol. The van der Waals surface area contributed by atoms with Gasteiger partial charge in [-0.3, -0.25) is 9.97 Å². The second-order valence-electron chi connectivity index (χ2n) is 7.13. The van der Waals surface area contributed by atoms with Crippen molar-refractivity contribution in [3.8, 4) is 11.5 Å². The summed E-state index contributed by atoms with van der Waals surface area (Å²) in [6, 6.07) is 10.3. The minimum atomic E-state index is -1.49. The molecule has 1 N–H and O–H groups in total. The molecule has 0 aliphatic carbocycles. The lowest BCUT2D eigenvalue weighted by Crippen LogP contribution is -2.10. The first-order valence-corrected chi connectivity index (χ1v) is 11.0. The topological polar surface area (TPSA) is 100 Å². The SMILES string of the molecule is COc1c(C)cnc(C[S+]([O-])c2nc3cc(OC(=O)c4ccccc4F)ccc3[nH]2)c1C. The van der Waals surface area contributed by atoms with Crippen molar-refractivity contribution in [1.29, 1.82) is 0 Å². The summed E-state index contributed by atoms with van der Waals surface area (Å²) >= 11 is -1.49. The van der Waals surface area contributed by atoms with Crippen LogP contribution in [0.3, 0.4) is 0 Å². The molecule has 0 spiro atoms. The van der Waals surface area contributed by atoms with Gasteiger partial charge in [-0.2, -0.15) is 4.98 Å². The van der Waals surface area contributed by atoms with E-state index in [0.29, 0.717) is 16.7 Å². The van der Waals surface area contributed by atoms with Crippen LogP contribution in [0.5, 0.6) is 11.5 Å². The van der Waals surface area contributed by atoms with E-state index >= 15 is 0 Å². The number of nitrogens with zero attached hydrogens (tertiary/aromatic N) is 2. The number of hydrogen-bond acceptors (Lipinski definition) is 6. The van der Waals surface area contributed by atoms with Gasteiger partial charge in [0.25, 0.3) is 0 Å². The van der Waals surface area contributed by atoms with E-state index in [1.165, 1.54) is 24.3 Å². The predicted octanol–water partition coefficient (Wildman–Crippen LogP) is 4.25. The summed E-state index contributed by atoms with van der Waals surface area (Å²) in [6.45, 7) is 3.77. The second kappa shape index (κ2) is 8.97. The highest BCUT2D eigenvalue weighted by atomic mass is 32.2. The van der Waals surface area contributed by atoms with Gasteiger partial charge in [0.15, 0.2) is 5.75 Å². The largest absolute Gasteiger partial charge is 0.609 e. The number of pyridine rings is 1. The molecule has 2 heterocycles. The smallest absolute Gasteiger partial charge is 0.346 e. The third-order valence-electron chi connectivity index (χ3n) is 4.97. The summed E-state index contributed by atoms with van der Waals surface area (Å²) in [4.78, 5) is 24.0. The van der Waals surface area contributed by atoms with Crippen molar-refractivity contribution in [2.75, 3.05) is 7.11 Å². The number of methoxy groups -OCH3 is 1. The first-order chi connectivity index (χ1) is 15.4. The molecule has 0 bridgehead atoms. The standard InChI is InChI=1S/C23H20FN3O4S/c1-13-11-25-20(14(2)21(13)30-3)12-32(29)23-26-18-9-8-15(10-19(18)27-23)31-22(28)16-6-4-5-7-17(16)24/h4-11H,12H2,1-3H3,(H,26,27). The van der Waals surface area contributed by atoms with E-state index < -0.39 is 23.0 Å². The Morgan fingerprint density at radius 3 is 2.75 bits per heavy atom. The minimum absolute atomic E-state index is 0.159. The predicted molar refractivity (Wildman–Crippen MR) is 118 cm³/mol. The second-order valence-corrected chi connectivity index (χ2v) is 8.49. The van der Waals surface area contributed by atoms with Crippen LogP contribution in [0.2, 0.25) is 0 Å². The van der Waals surface area contributed by atoms with Crippen LogP contribution >= 0.6 is 0 Å². The molecule has 1 unspecified atom stereocenters. The molecule has 0 saturated heterocycles. The van der Waals surface area contributed by atoms with Gasteiger partial charge in [-0.05, 0) is 38.1 Å². The molecule has 0 radical (unpaired) electrons. The van der Waals surface area contributed by atoms with Crippen molar-refractivity contribution in [3.05, 3.63) is 76.9 Å². The Morgan fingerprint density at radius 2 is 2.00 bits per heavy atom. The highest BCUT2D eigenvalue weighted by Gasteiger charge is 2.22. The Morgan fingerprint density at radius 1 is 1.22 bits per heavy atom. The number of aromatic amines is 1. The zero-order valence-electron chi connectivity index (χ0n) is 17.6. The van der Waals surface area contributed by atoms with Gasteiger partial charge in [0.1, 0.15) is 17.3 Å². The van der Waals surface area contributed by atoms with Crippen LogP contribution in [0.4, 0.5) is 4.39 Å². The van der Waals surface area contributed by atoms with Crippen molar-refractivity contribution in [2.24, 2.45) is 0 Å². The first-order valence-electron chi connectivity index (χ1n) is 9.71. The number of carbonyl (C=O) groups is 1. The molecule has 1 atom stereocenters. The molecular formula is C23H20FN3O4S. The van der Waals surface area contributed by atoms with Crippen molar-refractivity contribution in [2.45, 2.75) is 24.8 Å². The molecule has 4 rings (SSSR count). The molecule has 2 aromatic carbocycles. The molecule has 0 aliphatic rings. The summed E-state index contributed by atoms with van der Waals surface area (Å²) in [5.41, 5.74) is 3.34. The Labute approximate surface area is 186 Å². The molecule has 2 aromatic heterocycles. The number of halogens is 1. The number of ether oxygens (including phenoxy) is 2. The fourth-order valence-corrected chi connectivity index (χ4v) is 4.43. The zero-order valence-corrected chi connectivity index (χ0v) is 18.5. The number of fused-ring (bicyclic) bond motifs is 1. The summed E-state index contributed by atoms with van der Waals surface area (Å²) in [6.07, 6.45) is 1.69. The van der Waals surface area contributed by atoms with E-state index in [1.54, 1.807) is 31.5 Å². The van der Waals surface area contributed by atoms with Crippen LogP contribution in [0.25, 0.3) is 11.0 Å². The van der Waals surface area contributed by atoms with Gasteiger partial charge in [0.05, 0.1) is 29.4 Å². The molecule has 7 nitrogen and oxygen atoms in total. The van der Waals surface area contributed by atoms with E-state index in [1.807, 2.05) is 13.8 Å². The van der Waals surface area contributed by atoms with Crippen LogP contribution in [-0.4, -0.2) is 32.6 Å². The molecule has 164 valence electrons. The summed E-state index contributed by atoms with van der Waals surface area (Å²) in [5.74, 6) is -0.380. The average molecular weight is 453 g/mol. The molecule has 0 saturated carbocycles. The average Bonchev–Trinajstić information content (AvgIpc) is 3.20. The molecule has 32 heavy (non-hydrogen) atoms. The fraction of sp³-hybridized carbons (Fsp3) is 0.174. The maximum Gasteiger partial charge on any atom is 0.346 e. The Bertz CT molecular complexity index is 1310. The molecule has 9 heteroatoms. The normalized spacial score (nSPS) is 12.0. The number of carbonyl (C=O) groups excluding carboxylic acids is 1. The van der Waals surface area contributed by atoms with Crippen LogP contribution in [-0.2, 0) is 16.9 Å². The summed E-state index contributed by atoms with van der Waals surface area (Å²) in [7, 11) is 1.59. The van der Waals surface area contributed by atoms with E-state index in [2.05, 4.69) is 15.0 Å². The maximum absolute atomic E-state index is 13.8. The molecule has 4 aromatic rings. The van der Waals surface area contributed by atoms with Crippen LogP contribution in [0.1, 0.15) is 27.2 Å². The van der Waals surface area contributed by atoms with E-state index in [4.69, 9.17) is 9.47 Å². The molecule has 0 amide bonds. The van der Waals surface area contributed by atoms with E-state index in [0.717, 1.165) is 16.9 Å². The number of aromatic nitrogens is 3. The number of rotatable bonds is 6. The minimum Gasteiger partial charge on any atom is -0.609 e. The van der Waals surface area contributed by atoms with Gasteiger partial charge in [-0.25, -0.2) is 9.18 Å².